The van der Waals surface area contributed by atoms with Gasteiger partial charge in [0.15, 0.2) is 6.29 Å². The molecule has 2 fully saturated rings. The molecule has 1 aromatic heterocycles. The van der Waals surface area contributed by atoms with Crippen LogP contribution in [0.4, 0.5) is 11.6 Å². The zero-order valence-electron chi connectivity index (χ0n) is 12.3. The number of amides is 1. The van der Waals surface area contributed by atoms with Gasteiger partial charge in [0.25, 0.3) is 0 Å². The Balaban J connectivity index is 1.53. The molecule has 4 N–H and O–H groups in total. The third kappa shape index (κ3) is 2.69. The maximum Gasteiger partial charge on any atom is 0.230 e. The fourth-order valence-corrected chi connectivity index (χ4v) is 2.90. The summed E-state index contributed by atoms with van der Waals surface area (Å²) in [6.07, 6.45) is 2.72. The lowest BCUT2D eigenvalue weighted by atomic mass is 10.0. The predicted molar refractivity (Wildman–Crippen MR) is 84.9 cm³/mol. The summed E-state index contributed by atoms with van der Waals surface area (Å²) >= 11 is 0. The van der Waals surface area contributed by atoms with E-state index in [4.69, 9.17) is 0 Å². The highest BCUT2D eigenvalue weighted by molar-refractivity contribution is 5.82. The van der Waals surface area contributed by atoms with E-state index in [1.54, 1.807) is 18.5 Å². The van der Waals surface area contributed by atoms with E-state index in [1.165, 1.54) is 0 Å². The van der Waals surface area contributed by atoms with E-state index >= 15 is 0 Å². The molecular formula is C15H17N7O. The minimum absolute atomic E-state index is 0.00638. The molecule has 23 heavy (non-hydrogen) atoms. The molecule has 0 saturated carbocycles. The number of hydrogen-bond donors (Lipinski definition) is 4. The van der Waals surface area contributed by atoms with Crippen LogP contribution in [0.3, 0.4) is 0 Å². The Labute approximate surface area is 133 Å². The standard InChI is InChI=1S/C15H17N7O/c23-13-11-9-18-22(10-5-2-1-3-6-10)12(11)19-15(20-13)21-14-16-7-4-8-17-14/h1-8,11-12,15,18-19H,9H2,(H,20,23)(H,16,17,21). The van der Waals surface area contributed by atoms with E-state index in [2.05, 4.69) is 31.3 Å². The van der Waals surface area contributed by atoms with Gasteiger partial charge in [-0.15, -0.1) is 0 Å². The minimum Gasteiger partial charge on any atom is -0.323 e. The minimum atomic E-state index is -0.433. The Hall–Kier alpha value is -2.71. The van der Waals surface area contributed by atoms with Crippen LogP contribution < -0.4 is 26.4 Å². The van der Waals surface area contributed by atoms with Crippen molar-refractivity contribution in [3.63, 3.8) is 0 Å². The molecule has 0 spiro atoms. The Morgan fingerprint density at radius 3 is 2.70 bits per heavy atom. The average molecular weight is 311 g/mol. The number of nitrogens with zero attached hydrogens (tertiary/aromatic N) is 3. The molecule has 3 atom stereocenters. The molecule has 2 aromatic rings. The number of anilines is 2. The smallest absolute Gasteiger partial charge is 0.230 e. The van der Waals surface area contributed by atoms with Crippen LogP contribution in [0.1, 0.15) is 0 Å². The number of aromatic nitrogens is 2. The van der Waals surface area contributed by atoms with E-state index in [9.17, 15) is 4.79 Å². The first-order chi connectivity index (χ1) is 11.3. The topological polar surface area (TPSA) is 94.2 Å². The molecule has 8 nitrogen and oxygen atoms in total. The summed E-state index contributed by atoms with van der Waals surface area (Å²) in [7, 11) is 0. The number of rotatable bonds is 3. The van der Waals surface area contributed by atoms with Crippen LogP contribution in [0, 0.1) is 5.92 Å². The van der Waals surface area contributed by atoms with Gasteiger partial charge in [-0.3, -0.25) is 15.1 Å². The second-order valence-corrected chi connectivity index (χ2v) is 5.44. The lowest BCUT2D eigenvalue weighted by molar-refractivity contribution is -0.127. The first-order valence-electron chi connectivity index (χ1n) is 7.49. The molecule has 1 aromatic carbocycles. The van der Waals surface area contributed by atoms with E-state index in [0.29, 0.717) is 12.5 Å². The van der Waals surface area contributed by atoms with Crippen molar-refractivity contribution in [2.75, 3.05) is 16.9 Å². The largest absolute Gasteiger partial charge is 0.323 e. The Morgan fingerprint density at radius 2 is 1.91 bits per heavy atom. The van der Waals surface area contributed by atoms with Gasteiger partial charge in [0.1, 0.15) is 6.17 Å². The van der Waals surface area contributed by atoms with Gasteiger partial charge >= 0.3 is 0 Å². The van der Waals surface area contributed by atoms with Gasteiger partial charge in [-0.05, 0) is 18.2 Å². The molecule has 2 aliphatic rings. The van der Waals surface area contributed by atoms with Crippen LogP contribution >= 0.6 is 0 Å². The van der Waals surface area contributed by atoms with Gasteiger partial charge in [0.05, 0.1) is 11.6 Å². The molecule has 4 rings (SSSR count). The Kier molecular flexibility index (Phi) is 3.52. The number of carbonyl (C=O) groups excluding carboxylic acids is 1. The zero-order chi connectivity index (χ0) is 15.6. The molecule has 2 saturated heterocycles. The van der Waals surface area contributed by atoms with Crippen molar-refractivity contribution in [3.05, 3.63) is 48.8 Å². The number of fused-ring (bicyclic) bond motifs is 1. The van der Waals surface area contributed by atoms with Gasteiger partial charge < -0.3 is 10.6 Å². The molecule has 0 radical (unpaired) electrons. The number of hydrogen-bond acceptors (Lipinski definition) is 7. The van der Waals surface area contributed by atoms with Gasteiger partial charge in [-0.1, -0.05) is 18.2 Å². The summed E-state index contributed by atoms with van der Waals surface area (Å²) in [6, 6.07) is 11.7. The number of benzene rings is 1. The van der Waals surface area contributed by atoms with E-state index in [-0.39, 0.29) is 18.0 Å². The molecule has 8 heteroatoms. The number of nitrogens with one attached hydrogen (secondary N) is 4. The fourth-order valence-electron chi connectivity index (χ4n) is 2.90. The van der Waals surface area contributed by atoms with Crippen LogP contribution in [-0.2, 0) is 4.79 Å². The molecule has 1 amide bonds. The summed E-state index contributed by atoms with van der Waals surface area (Å²) in [5.41, 5.74) is 4.29. The SMILES string of the molecule is O=C1NC(Nc2ncccn2)NC2C1CNN2c1ccccc1. The average Bonchev–Trinajstić information content (AvgIpc) is 3.01. The van der Waals surface area contributed by atoms with Gasteiger partial charge in [0.2, 0.25) is 11.9 Å². The number of carbonyl (C=O) groups is 1. The second kappa shape index (κ2) is 5.82. The van der Waals surface area contributed by atoms with Crippen molar-refractivity contribution in [3.8, 4) is 0 Å². The lowest BCUT2D eigenvalue weighted by Gasteiger charge is -2.37. The Bertz CT molecular complexity index is 681. The second-order valence-electron chi connectivity index (χ2n) is 5.44. The first kappa shape index (κ1) is 13.9. The highest BCUT2D eigenvalue weighted by Gasteiger charge is 2.44. The summed E-state index contributed by atoms with van der Waals surface area (Å²) in [5, 5.41) is 11.3. The zero-order valence-corrected chi connectivity index (χ0v) is 12.3. The van der Waals surface area contributed by atoms with E-state index in [1.807, 2.05) is 35.3 Å². The van der Waals surface area contributed by atoms with Gasteiger partial charge in [0, 0.05) is 18.9 Å². The molecule has 3 unspecified atom stereocenters. The normalized spacial score (nSPS) is 26.5. The summed E-state index contributed by atoms with van der Waals surface area (Å²) in [5.74, 6) is 0.291. The molecule has 0 aliphatic carbocycles. The van der Waals surface area contributed by atoms with E-state index < -0.39 is 6.29 Å². The Morgan fingerprint density at radius 1 is 1.13 bits per heavy atom. The van der Waals surface area contributed by atoms with Crippen molar-refractivity contribution < 1.29 is 4.79 Å². The van der Waals surface area contributed by atoms with Crippen molar-refractivity contribution in [2.45, 2.75) is 12.5 Å². The van der Waals surface area contributed by atoms with Crippen molar-refractivity contribution >= 4 is 17.5 Å². The maximum atomic E-state index is 12.4. The van der Waals surface area contributed by atoms with Crippen molar-refractivity contribution in [1.29, 1.82) is 0 Å². The molecule has 3 heterocycles. The van der Waals surface area contributed by atoms with Crippen molar-refractivity contribution in [1.82, 2.24) is 26.0 Å². The van der Waals surface area contributed by atoms with E-state index in [0.717, 1.165) is 5.69 Å². The van der Waals surface area contributed by atoms with Crippen LogP contribution in [-0.4, -0.2) is 34.9 Å². The lowest BCUT2D eigenvalue weighted by Crippen LogP contribution is -2.66. The number of hydrazine groups is 1. The molecule has 118 valence electrons. The predicted octanol–water partition coefficient (Wildman–Crippen LogP) is -0.141. The third-order valence-corrected chi connectivity index (χ3v) is 3.98. The fraction of sp³-hybridized carbons (Fsp3) is 0.267. The third-order valence-electron chi connectivity index (χ3n) is 3.98. The summed E-state index contributed by atoms with van der Waals surface area (Å²) < 4.78 is 0. The maximum absolute atomic E-state index is 12.4. The monoisotopic (exact) mass is 311 g/mol. The van der Waals surface area contributed by atoms with Gasteiger partial charge in [-0.25, -0.2) is 15.4 Å². The first-order valence-corrected chi connectivity index (χ1v) is 7.49. The van der Waals surface area contributed by atoms with Gasteiger partial charge in [-0.2, -0.15) is 0 Å². The number of para-hydroxylation sites is 1. The van der Waals surface area contributed by atoms with Crippen molar-refractivity contribution in [2.24, 2.45) is 5.92 Å². The van der Waals surface area contributed by atoms with Crippen LogP contribution in [0.2, 0.25) is 0 Å². The quantitative estimate of drug-likeness (QED) is 0.627. The molecule has 0 bridgehead atoms. The molecular weight excluding hydrogens is 294 g/mol. The highest BCUT2D eigenvalue weighted by atomic mass is 16.2. The van der Waals surface area contributed by atoms with Crippen LogP contribution in [0.5, 0.6) is 0 Å². The highest BCUT2D eigenvalue weighted by Crippen LogP contribution is 2.24. The molecule has 2 aliphatic heterocycles. The van der Waals surface area contributed by atoms with Crippen LogP contribution in [0.25, 0.3) is 0 Å². The summed E-state index contributed by atoms with van der Waals surface area (Å²) in [6.45, 7) is 0.590. The summed E-state index contributed by atoms with van der Waals surface area (Å²) in [4.78, 5) is 20.6. The van der Waals surface area contributed by atoms with Crippen LogP contribution in [0.15, 0.2) is 48.8 Å².